The van der Waals surface area contributed by atoms with Crippen molar-refractivity contribution in [1.29, 1.82) is 0 Å². The average Bonchev–Trinajstić information content (AvgIpc) is 3.65. The molecule has 2 aliphatic carbocycles. The Morgan fingerprint density at radius 3 is 2.17 bits per heavy atom. The highest BCUT2D eigenvalue weighted by Crippen LogP contribution is 2.64. The number of imide groups is 2. The van der Waals surface area contributed by atoms with Crippen LogP contribution < -0.4 is 19.8 Å². The summed E-state index contributed by atoms with van der Waals surface area (Å²) in [4.78, 5) is 74.0. The van der Waals surface area contributed by atoms with Crippen LogP contribution in [0.2, 0.25) is 10.0 Å². The van der Waals surface area contributed by atoms with Crippen LogP contribution in [0.5, 0.6) is 17.2 Å². The number of aromatic hydroxyl groups is 1. The third-order valence-corrected chi connectivity index (χ3v) is 13.1. The van der Waals surface area contributed by atoms with Gasteiger partial charge in [-0.15, -0.1) is 0 Å². The molecule has 302 valence electrons. The number of nitrogens with one attached hydrogen (secondary N) is 1. The zero-order valence-corrected chi connectivity index (χ0v) is 33.8. The summed E-state index contributed by atoms with van der Waals surface area (Å²) in [5.41, 5.74) is 4.60. The molecule has 60 heavy (non-hydrogen) atoms. The number of amides is 4. The predicted molar refractivity (Wildman–Crippen MR) is 224 cm³/mol. The van der Waals surface area contributed by atoms with Gasteiger partial charge in [0.15, 0.2) is 17.3 Å². The summed E-state index contributed by atoms with van der Waals surface area (Å²) in [5, 5.41) is 12.7. The van der Waals surface area contributed by atoms with Crippen LogP contribution in [-0.2, 0) is 24.6 Å². The highest BCUT2D eigenvalue weighted by Gasteiger charge is 2.70. The first-order chi connectivity index (χ1) is 29.0. The fraction of sp³-hybridized carbons (Fsp3) is 0.213. The van der Waals surface area contributed by atoms with E-state index in [1.807, 2.05) is 12.1 Å². The molecule has 9 rings (SSSR count). The summed E-state index contributed by atoms with van der Waals surface area (Å²) in [7, 11) is 2.96. The Labute approximate surface area is 355 Å². The molecule has 2 N–H and O–H groups in total. The van der Waals surface area contributed by atoms with E-state index >= 15 is 9.59 Å². The van der Waals surface area contributed by atoms with Gasteiger partial charge in [0.05, 0.1) is 53.8 Å². The van der Waals surface area contributed by atoms with Crippen LogP contribution in [0, 0.1) is 23.7 Å². The van der Waals surface area contributed by atoms with Crippen molar-refractivity contribution < 1.29 is 38.6 Å². The van der Waals surface area contributed by atoms with E-state index in [9.17, 15) is 19.5 Å². The van der Waals surface area contributed by atoms with Crippen LogP contribution in [0.4, 0.5) is 11.4 Å². The summed E-state index contributed by atoms with van der Waals surface area (Å²) in [6, 6.07) is 31.7. The highest BCUT2D eigenvalue weighted by molar-refractivity contribution is 6.36. The summed E-state index contributed by atoms with van der Waals surface area (Å²) in [6.45, 7) is 0. The maximum absolute atomic E-state index is 15.5. The molecule has 3 fully saturated rings. The lowest BCUT2D eigenvalue weighted by atomic mass is 9.49. The molecule has 0 unspecified atom stereocenters. The van der Waals surface area contributed by atoms with Crippen molar-refractivity contribution in [2.24, 2.45) is 23.7 Å². The van der Waals surface area contributed by atoms with Gasteiger partial charge in [0.1, 0.15) is 5.75 Å². The minimum atomic E-state index is -1.61. The van der Waals surface area contributed by atoms with Crippen molar-refractivity contribution in [3.05, 3.63) is 159 Å². The van der Waals surface area contributed by atoms with Gasteiger partial charge in [-0.2, -0.15) is 5.01 Å². The first-order valence-corrected chi connectivity index (χ1v) is 20.1. The third kappa shape index (κ3) is 5.97. The SMILES string of the molecule is COc1ccc([C@@]23C(=O)N(Nc4ccc(Cl)cc4Cl)C(=O)[C@@H]2C[C@@H]2C(=CC[C@@H]4C(=O)N(c5ccc(C(=O)c6ccccc6)cc5)C(=O)[C@@H]42)[C@@H]3c2ccc(OC)c(O)c2)cc1. The molecule has 0 radical (unpaired) electrons. The number of ketones is 1. The topological polar surface area (TPSA) is 143 Å². The third-order valence-electron chi connectivity index (χ3n) is 12.5. The number of benzene rings is 5. The molecule has 0 aromatic heterocycles. The van der Waals surface area contributed by atoms with Crippen LogP contribution in [0.15, 0.2) is 127 Å². The van der Waals surface area contributed by atoms with Gasteiger partial charge >= 0.3 is 0 Å². The molecule has 6 atom stereocenters. The number of rotatable bonds is 9. The normalized spacial score (nSPS) is 24.4. The zero-order valence-electron chi connectivity index (χ0n) is 32.3. The molecule has 13 heteroatoms. The van der Waals surface area contributed by atoms with Gasteiger partial charge < -0.3 is 14.6 Å². The summed E-state index contributed by atoms with van der Waals surface area (Å²) < 4.78 is 10.9. The van der Waals surface area contributed by atoms with Crippen molar-refractivity contribution in [2.45, 2.75) is 24.2 Å². The van der Waals surface area contributed by atoms with Gasteiger partial charge in [-0.3, -0.25) is 34.3 Å². The van der Waals surface area contributed by atoms with Crippen LogP contribution >= 0.6 is 23.2 Å². The molecule has 0 bridgehead atoms. The summed E-state index contributed by atoms with van der Waals surface area (Å²) >= 11 is 12.8. The molecule has 5 aromatic rings. The number of phenols is 1. The number of methoxy groups -OCH3 is 2. The number of hydrogen-bond acceptors (Lipinski definition) is 9. The van der Waals surface area contributed by atoms with Crippen molar-refractivity contribution in [1.82, 2.24) is 5.01 Å². The van der Waals surface area contributed by atoms with Crippen LogP contribution in [-0.4, -0.2) is 53.7 Å². The minimum Gasteiger partial charge on any atom is -0.504 e. The van der Waals surface area contributed by atoms with E-state index in [4.69, 9.17) is 32.7 Å². The second-order valence-corrected chi connectivity index (χ2v) is 16.2. The Morgan fingerprint density at radius 1 is 0.783 bits per heavy atom. The minimum absolute atomic E-state index is 0.0478. The smallest absolute Gasteiger partial charge is 0.260 e. The molecular formula is C47H37Cl2N3O8. The van der Waals surface area contributed by atoms with Gasteiger partial charge in [-0.25, -0.2) is 0 Å². The Bertz CT molecular complexity index is 2630. The molecule has 5 aromatic carbocycles. The van der Waals surface area contributed by atoms with E-state index in [0.717, 1.165) is 5.01 Å². The molecule has 1 saturated carbocycles. The Morgan fingerprint density at radius 2 is 1.50 bits per heavy atom. The Kier molecular flexibility index (Phi) is 9.76. The monoisotopic (exact) mass is 841 g/mol. The van der Waals surface area contributed by atoms with Crippen LogP contribution in [0.3, 0.4) is 0 Å². The largest absolute Gasteiger partial charge is 0.504 e. The van der Waals surface area contributed by atoms with E-state index in [-0.39, 0.29) is 46.7 Å². The van der Waals surface area contributed by atoms with Crippen molar-refractivity contribution >= 4 is 64.0 Å². The average molecular weight is 843 g/mol. The lowest BCUT2D eigenvalue weighted by Gasteiger charge is -2.50. The predicted octanol–water partition coefficient (Wildman–Crippen LogP) is 8.14. The van der Waals surface area contributed by atoms with Gasteiger partial charge in [0.25, 0.3) is 11.8 Å². The number of halogens is 2. The van der Waals surface area contributed by atoms with Crippen LogP contribution in [0.1, 0.15) is 45.8 Å². The lowest BCUT2D eigenvalue weighted by molar-refractivity contribution is -0.138. The van der Waals surface area contributed by atoms with Crippen molar-refractivity contribution in [3.63, 3.8) is 0 Å². The first kappa shape index (κ1) is 39.1. The number of carbonyl (C=O) groups is 5. The quantitative estimate of drug-likeness (QED) is 0.0855. The molecule has 11 nitrogen and oxygen atoms in total. The number of allylic oxidation sites excluding steroid dienone is 2. The maximum atomic E-state index is 15.5. The molecule has 2 heterocycles. The molecule has 2 aliphatic heterocycles. The van der Waals surface area contributed by atoms with E-state index in [2.05, 4.69) is 5.43 Å². The van der Waals surface area contributed by atoms with Crippen molar-refractivity contribution in [2.75, 3.05) is 24.5 Å². The Hall–Kier alpha value is -6.43. The van der Waals surface area contributed by atoms with Gasteiger partial charge in [0.2, 0.25) is 11.8 Å². The number of fused-ring (bicyclic) bond motifs is 4. The van der Waals surface area contributed by atoms with Crippen molar-refractivity contribution in [3.8, 4) is 17.2 Å². The summed E-state index contributed by atoms with van der Waals surface area (Å²) in [5.74, 6) is -5.84. The van der Waals surface area contributed by atoms with E-state index < -0.39 is 52.7 Å². The number of hydrazine groups is 1. The maximum Gasteiger partial charge on any atom is 0.260 e. The fourth-order valence-corrected chi connectivity index (χ4v) is 10.3. The second-order valence-electron chi connectivity index (χ2n) is 15.4. The number of anilines is 2. The molecular weight excluding hydrogens is 805 g/mol. The molecule has 2 saturated heterocycles. The fourth-order valence-electron chi connectivity index (χ4n) is 9.88. The summed E-state index contributed by atoms with van der Waals surface area (Å²) in [6.07, 6.45) is 2.17. The zero-order chi connectivity index (χ0) is 42.0. The van der Waals surface area contributed by atoms with E-state index in [1.54, 1.807) is 97.1 Å². The Balaban J connectivity index is 1.17. The van der Waals surface area contributed by atoms with Gasteiger partial charge in [-0.1, -0.05) is 83.4 Å². The second kappa shape index (κ2) is 15.0. The van der Waals surface area contributed by atoms with E-state index in [0.29, 0.717) is 44.3 Å². The standard InChI is InChI=1S/C47H37Cl2N3O8/c1-59-31-16-11-28(12-17-31)47-35(44(56)52(46(47)58)50-37-20-13-29(48)23-36(37)49)24-34-32(41(47)27-10-21-39(60-2)38(53)22-27)18-19-33-40(34)45(57)51(43(33)55)30-14-8-26(9-15-30)42(54)25-6-4-3-5-7-25/h3-18,20-23,33-35,40-41,50,53H,19,24H2,1-2H3/t33-,34+,35-,40-,41-,47+/m0/s1. The lowest BCUT2D eigenvalue weighted by Crippen LogP contribution is -2.53. The van der Waals surface area contributed by atoms with Gasteiger partial charge in [-0.05, 0) is 96.6 Å². The van der Waals surface area contributed by atoms with Crippen LogP contribution in [0.25, 0.3) is 0 Å². The van der Waals surface area contributed by atoms with E-state index in [1.165, 1.54) is 31.3 Å². The number of phenolic OH excluding ortho intramolecular Hbond substituents is 1. The number of hydrogen-bond donors (Lipinski definition) is 2. The number of nitrogens with zero attached hydrogens (tertiary/aromatic N) is 2. The molecule has 4 amide bonds. The highest BCUT2D eigenvalue weighted by atomic mass is 35.5. The first-order valence-electron chi connectivity index (χ1n) is 19.4. The number of carbonyl (C=O) groups excluding carboxylic acids is 5. The molecule has 0 spiro atoms. The molecule has 4 aliphatic rings. The number of ether oxygens (including phenoxy) is 2. The van der Waals surface area contributed by atoms with Gasteiger partial charge in [0, 0.05) is 22.1 Å².